The van der Waals surface area contributed by atoms with Crippen LogP contribution < -0.4 is 11.5 Å². The van der Waals surface area contributed by atoms with Crippen LogP contribution in [-0.2, 0) is 0 Å². The SMILES string of the molecule is CC(C)N.CC(CN)c1ccccc1. The van der Waals surface area contributed by atoms with Gasteiger partial charge in [0.15, 0.2) is 0 Å². The summed E-state index contributed by atoms with van der Waals surface area (Å²) in [5.74, 6) is 0.487. The van der Waals surface area contributed by atoms with E-state index in [1.807, 2.05) is 32.0 Å². The second-order valence-corrected chi connectivity index (χ2v) is 3.79. The Morgan fingerprint density at radius 2 is 1.50 bits per heavy atom. The smallest absolute Gasteiger partial charge is 0.00109 e. The van der Waals surface area contributed by atoms with Gasteiger partial charge in [-0.1, -0.05) is 51.1 Å². The Morgan fingerprint density at radius 1 is 1.07 bits per heavy atom. The molecule has 1 aromatic rings. The van der Waals surface area contributed by atoms with Crippen molar-refractivity contribution in [1.82, 2.24) is 0 Å². The molecular formula is C12H22N2. The van der Waals surface area contributed by atoms with Gasteiger partial charge in [-0.2, -0.15) is 0 Å². The van der Waals surface area contributed by atoms with Gasteiger partial charge in [-0.3, -0.25) is 0 Å². The predicted octanol–water partition coefficient (Wildman–Crippen LogP) is 2.10. The van der Waals surface area contributed by atoms with Gasteiger partial charge in [0.25, 0.3) is 0 Å². The van der Waals surface area contributed by atoms with Crippen LogP contribution in [0.25, 0.3) is 0 Å². The van der Waals surface area contributed by atoms with Crippen LogP contribution in [0.5, 0.6) is 0 Å². The molecule has 0 fully saturated rings. The zero-order valence-corrected chi connectivity index (χ0v) is 9.40. The molecule has 0 aliphatic heterocycles. The van der Waals surface area contributed by atoms with Crippen LogP contribution in [0.2, 0.25) is 0 Å². The molecule has 1 aromatic carbocycles. The van der Waals surface area contributed by atoms with Gasteiger partial charge >= 0.3 is 0 Å². The molecule has 2 heteroatoms. The summed E-state index contributed by atoms with van der Waals surface area (Å²) in [5, 5.41) is 0. The maximum absolute atomic E-state index is 5.50. The molecule has 0 spiro atoms. The van der Waals surface area contributed by atoms with Crippen LogP contribution in [0, 0.1) is 0 Å². The van der Waals surface area contributed by atoms with Crippen LogP contribution in [0.4, 0.5) is 0 Å². The Kier molecular flexibility index (Phi) is 7.07. The maximum atomic E-state index is 5.50. The van der Waals surface area contributed by atoms with Crippen LogP contribution in [0.3, 0.4) is 0 Å². The fraction of sp³-hybridized carbons (Fsp3) is 0.500. The summed E-state index contributed by atoms with van der Waals surface area (Å²) in [7, 11) is 0. The number of hydrogen-bond donors (Lipinski definition) is 2. The van der Waals surface area contributed by atoms with Gasteiger partial charge in [-0.25, -0.2) is 0 Å². The molecule has 0 radical (unpaired) electrons. The van der Waals surface area contributed by atoms with Crippen molar-refractivity contribution in [3.05, 3.63) is 35.9 Å². The molecule has 4 N–H and O–H groups in total. The molecule has 0 amide bonds. The highest BCUT2D eigenvalue weighted by Crippen LogP contribution is 2.11. The highest BCUT2D eigenvalue weighted by atomic mass is 14.6. The molecule has 80 valence electrons. The lowest BCUT2D eigenvalue weighted by Crippen LogP contribution is -2.08. The standard InChI is InChI=1S/C9H13N.C3H9N/c1-8(7-10)9-5-3-2-4-6-9;1-3(2)4/h2-6,8H,7,10H2,1H3;3H,4H2,1-2H3. The third-order valence-electron chi connectivity index (χ3n) is 1.72. The van der Waals surface area contributed by atoms with Crippen molar-refractivity contribution in [2.75, 3.05) is 6.54 Å². The molecule has 14 heavy (non-hydrogen) atoms. The van der Waals surface area contributed by atoms with E-state index in [-0.39, 0.29) is 0 Å². The Hall–Kier alpha value is -0.860. The van der Waals surface area contributed by atoms with Crippen molar-refractivity contribution in [3.63, 3.8) is 0 Å². The first-order valence-electron chi connectivity index (χ1n) is 5.08. The first-order valence-corrected chi connectivity index (χ1v) is 5.08. The van der Waals surface area contributed by atoms with Crippen molar-refractivity contribution >= 4 is 0 Å². The molecule has 1 unspecified atom stereocenters. The average Bonchev–Trinajstić information content (AvgIpc) is 2.17. The van der Waals surface area contributed by atoms with E-state index in [0.717, 1.165) is 6.54 Å². The lowest BCUT2D eigenvalue weighted by molar-refractivity contribution is 0.774. The van der Waals surface area contributed by atoms with E-state index in [1.54, 1.807) is 0 Å². The van der Waals surface area contributed by atoms with E-state index < -0.39 is 0 Å². The Labute approximate surface area is 87.3 Å². The average molecular weight is 194 g/mol. The van der Waals surface area contributed by atoms with E-state index >= 15 is 0 Å². The van der Waals surface area contributed by atoms with Crippen molar-refractivity contribution in [1.29, 1.82) is 0 Å². The van der Waals surface area contributed by atoms with Crippen LogP contribution >= 0.6 is 0 Å². The molecule has 0 heterocycles. The largest absolute Gasteiger partial charge is 0.330 e. The first kappa shape index (κ1) is 13.1. The van der Waals surface area contributed by atoms with Crippen molar-refractivity contribution < 1.29 is 0 Å². The summed E-state index contributed by atoms with van der Waals surface area (Å²) in [6.45, 7) is 6.75. The summed E-state index contributed by atoms with van der Waals surface area (Å²) < 4.78 is 0. The minimum absolute atomic E-state index is 0.333. The monoisotopic (exact) mass is 194 g/mol. The van der Waals surface area contributed by atoms with Gasteiger partial charge in [0, 0.05) is 0 Å². The topological polar surface area (TPSA) is 52.0 Å². The zero-order chi connectivity index (χ0) is 11.0. The lowest BCUT2D eigenvalue weighted by Gasteiger charge is -2.06. The molecule has 0 saturated carbocycles. The fourth-order valence-corrected chi connectivity index (χ4v) is 0.918. The fourth-order valence-electron chi connectivity index (χ4n) is 0.918. The van der Waals surface area contributed by atoms with E-state index in [4.69, 9.17) is 11.5 Å². The lowest BCUT2D eigenvalue weighted by atomic mass is 10.0. The molecule has 1 atom stereocenters. The van der Waals surface area contributed by atoms with E-state index in [0.29, 0.717) is 12.0 Å². The van der Waals surface area contributed by atoms with Gasteiger partial charge in [0.2, 0.25) is 0 Å². The van der Waals surface area contributed by atoms with E-state index in [2.05, 4.69) is 19.1 Å². The molecule has 0 aromatic heterocycles. The summed E-state index contributed by atoms with van der Waals surface area (Å²) in [6, 6.07) is 10.7. The summed E-state index contributed by atoms with van der Waals surface area (Å²) in [6.07, 6.45) is 0. The Balaban J connectivity index is 0.000000364. The third kappa shape index (κ3) is 6.63. The second kappa shape index (κ2) is 7.54. The van der Waals surface area contributed by atoms with E-state index in [1.165, 1.54) is 5.56 Å². The molecule has 0 bridgehead atoms. The Morgan fingerprint density at radius 3 is 1.86 bits per heavy atom. The number of hydrogen-bond acceptors (Lipinski definition) is 2. The normalized spacial score (nSPS) is 11.9. The minimum Gasteiger partial charge on any atom is -0.330 e. The molecular weight excluding hydrogens is 172 g/mol. The predicted molar refractivity (Wildman–Crippen MR) is 63.2 cm³/mol. The molecule has 2 nitrogen and oxygen atoms in total. The highest BCUT2D eigenvalue weighted by Gasteiger charge is 1.99. The molecule has 0 aliphatic rings. The molecule has 1 rings (SSSR count). The van der Waals surface area contributed by atoms with Gasteiger partial charge in [-0.05, 0) is 24.1 Å². The summed E-state index contributed by atoms with van der Waals surface area (Å²) in [5.41, 5.74) is 11.9. The molecule has 0 saturated heterocycles. The number of benzene rings is 1. The van der Waals surface area contributed by atoms with Gasteiger partial charge in [0.1, 0.15) is 0 Å². The summed E-state index contributed by atoms with van der Waals surface area (Å²) >= 11 is 0. The van der Waals surface area contributed by atoms with Crippen LogP contribution in [-0.4, -0.2) is 12.6 Å². The van der Waals surface area contributed by atoms with Crippen LogP contribution in [0.15, 0.2) is 30.3 Å². The second-order valence-electron chi connectivity index (χ2n) is 3.79. The van der Waals surface area contributed by atoms with Crippen LogP contribution in [0.1, 0.15) is 32.3 Å². The first-order chi connectivity index (χ1) is 6.57. The Bertz CT molecular complexity index is 216. The number of rotatable bonds is 2. The third-order valence-corrected chi connectivity index (χ3v) is 1.72. The number of nitrogens with two attached hydrogens (primary N) is 2. The van der Waals surface area contributed by atoms with Gasteiger partial charge in [0.05, 0.1) is 0 Å². The van der Waals surface area contributed by atoms with Gasteiger partial charge < -0.3 is 11.5 Å². The van der Waals surface area contributed by atoms with Gasteiger partial charge in [-0.15, -0.1) is 0 Å². The van der Waals surface area contributed by atoms with E-state index in [9.17, 15) is 0 Å². The van der Waals surface area contributed by atoms with Crippen molar-refractivity contribution in [2.24, 2.45) is 11.5 Å². The maximum Gasteiger partial charge on any atom is -0.00109 e. The highest BCUT2D eigenvalue weighted by molar-refractivity contribution is 5.18. The van der Waals surface area contributed by atoms with Crippen molar-refractivity contribution in [3.8, 4) is 0 Å². The zero-order valence-electron chi connectivity index (χ0n) is 9.40. The molecule has 0 aliphatic carbocycles. The summed E-state index contributed by atoms with van der Waals surface area (Å²) in [4.78, 5) is 0. The van der Waals surface area contributed by atoms with Crippen molar-refractivity contribution in [2.45, 2.75) is 32.7 Å². The minimum atomic E-state index is 0.333. The quantitative estimate of drug-likeness (QED) is 0.757.